The highest BCUT2D eigenvalue weighted by Crippen LogP contribution is 2.22. The molecule has 0 spiro atoms. The van der Waals surface area contributed by atoms with Crippen molar-refractivity contribution in [2.45, 2.75) is 39.2 Å². The number of anilines is 2. The molecule has 1 aliphatic heterocycles. The summed E-state index contributed by atoms with van der Waals surface area (Å²) in [5, 5.41) is 9.61. The number of nitrogens with zero attached hydrogens (tertiary/aromatic N) is 1. The first-order valence-electron chi connectivity index (χ1n) is 8.50. The summed E-state index contributed by atoms with van der Waals surface area (Å²) < 4.78 is 24.8. The van der Waals surface area contributed by atoms with E-state index in [0.717, 1.165) is 19.4 Å². The van der Waals surface area contributed by atoms with Crippen molar-refractivity contribution in [3.63, 3.8) is 0 Å². The maximum atomic E-state index is 14.3. The van der Waals surface area contributed by atoms with E-state index in [0.29, 0.717) is 41.4 Å². The molecule has 25 heavy (non-hydrogen) atoms. The fourth-order valence-electron chi connectivity index (χ4n) is 2.91. The molecule has 1 fully saturated rings. The molecule has 0 aliphatic carbocycles. The summed E-state index contributed by atoms with van der Waals surface area (Å²) in [7, 11) is 0. The Balaban J connectivity index is 1.65. The third-order valence-electron chi connectivity index (χ3n) is 4.27. The lowest BCUT2D eigenvalue weighted by Gasteiger charge is -2.13. The smallest absolute Gasteiger partial charge is 0.261 e. The van der Waals surface area contributed by atoms with Gasteiger partial charge in [0.05, 0.1) is 17.5 Å². The van der Waals surface area contributed by atoms with Crippen LogP contribution in [0.1, 0.15) is 41.6 Å². The maximum absolute atomic E-state index is 14.3. The van der Waals surface area contributed by atoms with Crippen molar-refractivity contribution in [1.29, 1.82) is 0 Å². The highest BCUT2D eigenvalue weighted by Gasteiger charge is 2.20. The highest BCUT2D eigenvalue weighted by molar-refractivity contribution is 6.05. The van der Waals surface area contributed by atoms with Crippen LogP contribution in [0.2, 0.25) is 0 Å². The molecule has 7 heteroatoms. The molecule has 1 saturated heterocycles. The standard InChI is InChI=1S/C18H22FN3O3/c1-3-15-17(11(2)25-22-15)18(23)21-12-6-7-16(14(19)9-12)20-10-13-5-4-8-24-13/h6-7,9,13,20H,3-5,8,10H2,1-2H3,(H,21,23). The minimum atomic E-state index is -0.423. The van der Waals surface area contributed by atoms with Gasteiger partial charge in [-0.05, 0) is 44.4 Å². The minimum Gasteiger partial charge on any atom is -0.380 e. The molecule has 2 heterocycles. The van der Waals surface area contributed by atoms with Gasteiger partial charge in [-0.3, -0.25) is 4.79 Å². The van der Waals surface area contributed by atoms with Crippen LogP contribution in [0.25, 0.3) is 0 Å². The molecular formula is C18H22FN3O3. The molecule has 1 aromatic carbocycles. The number of rotatable bonds is 6. The van der Waals surface area contributed by atoms with Gasteiger partial charge in [0.15, 0.2) is 0 Å². The Hall–Kier alpha value is -2.41. The van der Waals surface area contributed by atoms with Crippen LogP contribution >= 0.6 is 0 Å². The number of aryl methyl sites for hydroxylation is 2. The fourth-order valence-corrected chi connectivity index (χ4v) is 2.91. The number of benzene rings is 1. The maximum Gasteiger partial charge on any atom is 0.261 e. The first kappa shape index (κ1) is 17.4. The number of nitrogens with one attached hydrogen (secondary N) is 2. The van der Waals surface area contributed by atoms with Gasteiger partial charge in [0.25, 0.3) is 5.91 Å². The van der Waals surface area contributed by atoms with Crippen molar-refractivity contribution >= 4 is 17.3 Å². The summed E-state index contributed by atoms with van der Waals surface area (Å²) in [6, 6.07) is 4.57. The van der Waals surface area contributed by atoms with Crippen molar-refractivity contribution in [3.8, 4) is 0 Å². The average Bonchev–Trinajstić information content (AvgIpc) is 3.23. The molecule has 6 nitrogen and oxygen atoms in total. The number of ether oxygens (including phenoxy) is 1. The monoisotopic (exact) mass is 347 g/mol. The van der Waals surface area contributed by atoms with Crippen LogP contribution in [-0.2, 0) is 11.2 Å². The number of amides is 1. The molecule has 1 atom stereocenters. The van der Waals surface area contributed by atoms with Crippen molar-refractivity contribution < 1.29 is 18.4 Å². The average molecular weight is 347 g/mol. The summed E-state index contributed by atoms with van der Waals surface area (Å²) in [4.78, 5) is 12.4. The predicted molar refractivity (Wildman–Crippen MR) is 92.4 cm³/mol. The van der Waals surface area contributed by atoms with E-state index in [1.54, 1.807) is 19.1 Å². The molecule has 2 aromatic rings. The van der Waals surface area contributed by atoms with E-state index in [-0.39, 0.29) is 12.0 Å². The molecule has 1 aliphatic rings. The van der Waals surface area contributed by atoms with Crippen molar-refractivity contribution in [3.05, 3.63) is 41.0 Å². The number of hydrogen-bond acceptors (Lipinski definition) is 5. The first-order valence-corrected chi connectivity index (χ1v) is 8.50. The van der Waals surface area contributed by atoms with Gasteiger partial charge in [0.2, 0.25) is 0 Å². The Kier molecular flexibility index (Phi) is 5.33. The topological polar surface area (TPSA) is 76.4 Å². The van der Waals surface area contributed by atoms with Crippen molar-refractivity contribution in [1.82, 2.24) is 5.16 Å². The van der Waals surface area contributed by atoms with Crippen LogP contribution in [0.15, 0.2) is 22.7 Å². The van der Waals surface area contributed by atoms with Crippen LogP contribution < -0.4 is 10.6 Å². The van der Waals surface area contributed by atoms with E-state index < -0.39 is 5.82 Å². The molecule has 0 saturated carbocycles. The SMILES string of the molecule is CCc1noc(C)c1C(=O)Nc1ccc(NCC2CCCO2)c(F)c1. The summed E-state index contributed by atoms with van der Waals surface area (Å²) in [5.74, 6) is -0.326. The number of carbonyl (C=O) groups is 1. The molecule has 1 unspecified atom stereocenters. The highest BCUT2D eigenvalue weighted by atomic mass is 19.1. The van der Waals surface area contributed by atoms with Gasteiger partial charge in [-0.25, -0.2) is 4.39 Å². The molecule has 1 aromatic heterocycles. The Bertz CT molecular complexity index is 754. The first-order chi connectivity index (χ1) is 12.1. The van der Waals surface area contributed by atoms with E-state index in [9.17, 15) is 9.18 Å². The largest absolute Gasteiger partial charge is 0.380 e. The lowest BCUT2D eigenvalue weighted by Crippen LogP contribution is -2.19. The van der Waals surface area contributed by atoms with E-state index in [1.165, 1.54) is 6.07 Å². The van der Waals surface area contributed by atoms with Gasteiger partial charge in [-0.1, -0.05) is 12.1 Å². The second-order valence-corrected chi connectivity index (χ2v) is 6.08. The zero-order valence-electron chi connectivity index (χ0n) is 14.4. The lowest BCUT2D eigenvalue weighted by molar-refractivity contribution is 0.102. The summed E-state index contributed by atoms with van der Waals surface area (Å²) in [6.45, 7) is 4.91. The van der Waals surface area contributed by atoms with Crippen LogP contribution in [0.3, 0.4) is 0 Å². The zero-order valence-corrected chi connectivity index (χ0v) is 14.4. The lowest BCUT2D eigenvalue weighted by atomic mass is 10.1. The number of carbonyl (C=O) groups excluding carboxylic acids is 1. The Morgan fingerprint density at radius 2 is 2.28 bits per heavy atom. The van der Waals surface area contributed by atoms with Gasteiger partial charge in [-0.15, -0.1) is 0 Å². The Morgan fingerprint density at radius 3 is 2.96 bits per heavy atom. The molecule has 0 radical (unpaired) electrons. The fraction of sp³-hybridized carbons (Fsp3) is 0.444. The van der Waals surface area contributed by atoms with Crippen LogP contribution in [0, 0.1) is 12.7 Å². The van der Waals surface area contributed by atoms with Crippen LogP contribution in [-0.4, -0.2) is 30.3 Å². The molecule has 3 rings (SSSR count). The quantitative estimate of drug-likeness (QED) is 0.836. The van der Waals surface area contributed by atoms with Crippen LogP contribution in [0.4, 0.5) is 15.8 Å². The van der Waals surface area contributed by atoms with E-state index in [2.05, 4.69) is 15.8 Å². The summed E-state index contributed by atoms with van der Waals surface area (Å²) >= 11 is 0. The Labute approximate surface area is 145 Å². The van der Waals surface area contributed by atoms with Crippen molar-refractivity contribution in [2.24, 2.45) is 0 Å². The third-order valence-corrected chi connectivity index (χ3v) is 4.27. The second kappa shape index (κ2) is 7.65. The molecular weight excluding hydrogens is 325 g/mol. The minimum absolute atomic E-state index is 0.128. The van der Waals surface area contributed by atoms with E-state index in [1.807, 2.05) is 6.92 Å². The van der Waals surface area contributed by atoms with E-state index >= 15 is 0 Å². The van der Waals surface area contributed by atoms with Gasteiger partial charge >= 0.3 is 0 Å². The van der Waals surface area contributed by atoms with Gasteiger partial charge in [-0.2, -0.15) is 0 Å². The number of hydrogen-bond donors (Lipinski definition) is 2. The normalized spacial score (nSPS) is 16.8. The molecule has 134 valence electrons. The number of halogens is 1. The second-order valence-electron chi connectivity index (χ2n) is 6.08. The Morgan fingerprint density at radius 1 is 1.44 bits per heavy atom. The van der Waals surface area contributed by atoms with E-state index in [4.69, 9.17) is 9.26 Å². The molecule has 0 bridgehead atoms. The number of aromatic nitrogens is 1. The van der Waals surface area contributed by atoms with Crippen LogP contribution in [0.5, 0.6) is 0 Å². The van der Waals surface area contributed by atoms with Gasteiger partial charge in [0, 0.05) is 18.8 Å². The van der Waals surface area contributed by atoms with Gasteiger partial charge < -0.3 is 19.9 Å². The summed E-state index contributed by atoms with van der Waals surface area (Å²) in [5.41, 5.74) is 1.77. The van der Waals surface area contributed by atoms with Crippen molar-refractivity contribution in [2.75, 3.05) is 23.8 Å². The third kappa shape index (κ3) is 3.99. The van der Waals surface area contributed by atoms with Gasteiger partial charge in [0.1, 0.15) is 17.1 Å². The summed E-state index contributed by atoms with van der Waals surface area (Å²) in [6.07, 6.45) is 2.74. The zero-order chi connectivity index (χ0) is 17.8. The predicted octanol–water partition coefficient (Wildman–Crippen LogP) is 3.53. The molecule has 2 N–H and O–H groups in total. The molecule has 1 amide bonds.